The Morgan fingerprint density at radius 1 is 0.584 bits per heavy atom. The van der Waals surface area contributed by atoms with E-state index in [0.717, 1.165) is 32.1 Å². The molecule has 5 N–H and O–H groups in total. The average Bonchev–Trinajstić information content (AvgIpc) is 3.89. The highest BCUT2D eigenvalue weighted by Crippen LogP contribution is 2.76. The van der Waals surface area contributed by atoms with Crippen LogP contribution in [0.15, 0.2) is 11.6 Å². The van der Waals surface area contributed by atoms with Gasteiger partial charge in [-0.2, -0.15) is 0 Å². The molecule has 77 heavy (non-hydrogen) atoms. The molecule has 0 aromatic heterocycles. The fourth-order valence-electron chi connectivity index (χ4n) is 16.4. The maximum absolute atomic E-state index is 11.5. The summed E-state index contributed by atoms with van der Waals surface area (Å²) in [5.74, 6) is -0.109. The lowest BCUT2D eigenvalue weighted by molar-refractivity contribution is -0.374. The molecule has 440 valence electrons. The van der Waals surface area contributed by atoms with Gasteiger partial charge in [-0.05, 0) is 84.5 Å². The van der Waals surface area contributed by atoms with Crippen LogP contribution in [0.4, 0.5) is 0 Å². The van der Waals surface area contributed by atoms with Crippen LogP contribution in [-0.4, -0.2) is 226 Å². The molecule has 0 amide bonds. The molecule has 0 radical (unpaired) electrons. The number of hydrogen-bond donors (Lipinski definition) is 5. The number of hydrogen-bond acceptors (Lipinski definition) is 22. The Balaban J connectivity index is 0.658. The number of allylic oxidation sites excluding steroid dienone is 1. The zero-order valence-corrected chi connectivity index (χ0v) is 46.6. The molecule has 11 rings (SSSR count). The van der Waals surface area contributed by atoms with Gasteiger partial charge in [0, 0.05) is 59.0 Å². The molecule has 22 nitrogen and oxygen atoms in total. The summed E-state index contributed by atoms with van der Waals surface area (Å²) in [5.41, 5.74) is 1.50. The fraction of sp³-hybridized carbons (Fsp3) is 0.964. The molecular weight excluding hydrogens is 1010 g/mol. The number of rotatable bonds is 15. The van der Waals surface area contributed by atoms with E-state index in [9.17, 15) is 25.5 Å². The Labute approximate surface area is 452 Å². The van der Waals surface area contributed by atoms with E-state index in [1.54, 1.807) is 28.3 Å². The van der Waals surface area contributed by atoms with Crippen molar-refractivity contribution in [2.45, 2.75) is 265 Å². The quantitative estimate of drug-likeness (QED) is 0.148. The molecule has 8 saturated heterocycles. The van der Waals surface area contributed by atoms with Crippen LogP contribution in [0, 0.1) is 28.6 Å². The first-order chi connectivity index (χ1) is 36.7. The molecule has 2 saturated carbocycles. The van der Waals surface area contributed by atoms with Crippen molar-refractivity contribution in [1.29, 1.82) is 0 Å². The van der Waals surface area contributed by atoms with E-state index in [1.165, 1.54) is 19.1 Å². The van der Waals surface area contributed by atoms with E-state index >= 15 is 0 Å². The molecule has 3 aliphatic carbocycles. The van der Waals surface area contributed by atoms with E-state index in [0.29, 0.717) is 31.3 Å². The number of fused-ring (bicyclic) bond motifs is 3. The lowest BCUT2D eigenvalue weighted by atomic mass is 9.48. The molecule has 7 unspecified atom stereocenters. The topological polar surface area (TPSA) is 258 Å². The van der Waals surface area contributed by atoms with Crippen LogP contribution in [0.3, 0.4) is 0 Å². The molecule has 10 fully saturated rings. The van der Waals surface area contributed by atoms with Crippen LogP contribution >= 0.6 is 0 Å². The third kappa shape index (κ3) is 9.75. The SMILES string of the molecule is CO[C@@H]1C(O)[C@H](O[C@@H]2C(C)O[C@@H](O[C@@H]3C(C)O[C@@H](O[C@@H]4C(C)O[C@@H](O[C@H]5CC[C@@]6(C)C(=CC[C@@H]7[C@@H]6CC[C@]6(C)[C@@H]8[C@H]9CO[C@]8(C)O[C@@]76O9)C5)C[C@H]4OC)C[C@H]3OC)C[C@H]2OC)OC(C)[C@H]1O[C@@H]1OC(CO)[C@@H](O)[C@H](O)C1O. The normalized spacial score (nSPS) is 56.3. The van der Waals surface area contributed by atoms with Crippen molar-refractivity contribution >= 4 is 0 Å². The smallest absolute Gasteiger partial charge is 0.187 e. The van der Waals surface area contributed by atoms with Crippen LogP contribution in [-0.2, 0) is 80.5 Å². The summed E-state index contributed by atoms with van der Waals surface area (Å²) in [4.78, 5) is 0. The Kier molecular flexibility index (Phi) is 16.6. The monoisotopic (exact) mass is 1100 g/mol. The summed E-state index contributed by atoms with van der Waals surface area (Å²) in [6.45, 7) is 14.4. The van der Waals surface area contributed by atoms with Crippen LogP contribution in [0.1, 0.15) is 106 Å². The van der Waals surface area contributed by atoms with E-state index in [2.05, 4.69) is 26.8 Å². The number of aliphatic hydroxyl groups is 5. The molecule has 11 aliphatic rings. The van der Waals surface area contributed by atoms with E-state index in [1.807, 2.05) is 20.8 Å². The van der Waals surface area contributed by atoms with Gasteiger partial charge in [-0.25, -0.2) is 0 Å². The molecule has 22 heteroatoms. The van der Waals surface area contributed by atoms with Gasteiger partial charge in [0.05, 0.1) is 74.1 Å². The minimum Gasteiger partial charge on any atom is -0.394 e. The molecule has 8 heterocycles. The van der Waals surface area contributed by atoms with Crippen LogP contribution in [0.5, 0.6) is 0 Å². The highest BCUT2D eigenvalue weighted by Gasteiger charge is 2.83. The molecule has 31 atom stereocenters. The van der Waals surface area contributed by atoms with Crippen molar-refractivity contribution in [3.8, 4) is 0 Å². The number of methoxy groups -OCH3 is 4. The van der Waals surface area contributed by atoms with E-state index in [4.69, 9.17) is 80.5 Å². The van der Waals surface area contributed by atoms with Gasteiger partial charge >= 0.3 is 0 Å². The third-order valence-electron chi connectivity index (χ3n) is 20.4. The predicted octanol–water partition coefficient (Wildman–Crippen LogP) is 2.32. The minimum absolute atomic E-state index is 0.0249. The molecule has 0 aromatic carbocycles. The van der Waals surface area contributed by atoms with Crippen molar-refractivity contribution < 1.29 is 106 Å². The zero-order valence-electron chi connectivity index (χ0n) is 46.6. The van der Waals surface area contributed by atoms with Gasteiger partial charge in [-0.1, -0.05) is 25.5 Å². The van der Waals surface area contributed by atoms with Gasteiger partial charge in [0.2, 0.25) is 0 Å². The Morgan fingerprint density at radius 2 is 1.14 bits per heavy atom. The maximum Gasteiger partial charge on any atom is 0.187 e. The largest absolute Gasteiger partial charge is 0.394 e. The minimum atomic E-state index is -1.66. The van der Waals surface area contributed by atoms with Crippen LogP contribution in [0.25, 0.3) is 0 Å². The zero-order chi connectivity index (χ0) is 54.7. The first kappa shape index (κ1) is 57.7. The standard InChI is InChI=1S/C55H88O22/c1-24-44(32(61-8)19-37(66-24)70-29-14-16-52(5)28(18-29)12-13-31-30(52)15-17-53(6)49-36-23-65-54(49,7)77-55(31,53)76-36)72-38-20-33(62-9)45(25(2)67-38)73-39-21-34(63-10)46(26(3)68-39)74-51-43(60)48(64-11)47(27(4)69-51)75-50-42(59)41(58)40(57)35(22-56)71-50/h12,24-27,29-51,56-60H,13-23H2,1-11H3/t24?,25?,26?,27?,29-,30-,31+,32+,33+,34+,35?,36+,37-,38-,39-,40+,41-,42?,43?,44+,45+,46+,47+,48+,49-,50-,51-,52-,53+,54+,55-/m0/s1. The van der Waals surface area contributed by atoms with Crippen molar-refractivity contribution in [2.75, 3.05) is 41.7 Å². The average molecular weight is 1100 g/mol. The van der Waals surface area contributed by atoms with E-state index < -0.39 is 141 Å². The summed E-state index contributed by atoms with van der Waals surface area (Å²) in [6.07, 6.45) is -9.51. The van der Waals surface area contributed by atoms with Crippen molar-refractivity contribution in [3.63, 3.8) is 0 Å². The highest BCUT2D eigenvalue weighted by atomic mass is 16.8. The second-order valence-electron chi connectivity index (χ2n) is 24.6. The van der Waals surface area contributed by atoms with Crippen molar-refractivity contribution in [2.24, 2.45) is 28.6 Å². The van der Waals surface area contributed by atoms with Crippen molar-refractivity contribution in [1.82, 2.24) is 0 Å². The predicted molar refractivity (Wildman–Crippen MR) is 264 cm³/mol. The summed E-state index contributed by atoms with van der Waals surface area (Å²) in [7, 11) is 6.28. The summed E-state index contributed by atoms with van der Waals surface area (Å²) in [6, 6.07) is 0. The van der Waals surface area contributed by atoms with Crippen molar-refractivity contribution in [3.05, 3.63) is 11.6 Å². The molecule has 2 bridgehead atoms. The lowest BCUT2D eigenvalue weighted by Gasteiger charge is -2.59. The van der Waals surface area contributed by atoms with Gasteiger partial charge in [-0.15, -0.1) is 0 Å². The molecule has 8 aliphatic heterocycles. The Bertz CT molecular complexity index is 2070. The maximum atomic E-state index is 11.5. The molecule has 0 spiro atoms. The number of aliphatic hydroxyl groups excluding tert-OH is 5. The molecular formula is C55H88O22. The van der Waals surface area contributed by atoms with E-state index in [-0.39, 0.29) is 47.6 Å². The first-order valence-corrected chi connectivity index (χ1v) is 28.4. The van der Waals surface area contributed by atoms with Gasteiger partial charge in [0.25, 0.3) is 0 Å². The van der Waals surface area contributed by atoms with Gasteiger partial charge < -0.3 is 106 Å². The van der Waals surface area contributed by atoms with Gasteiger partial charge in [0.15, 0.2) is 43.0 Å². The Hall–Kier alpha value is -1.14. The second kappa shape index (κ2) is 22.1. The summed E-state index contributed by atoms with van der Waals surface area (Å²) < 4.78 is 108. The Morgan fingerprint density at radius 3 is 1.71 bits per heavy atom. The fourth-order valence-corrected chi connectivity index (χ4v) is 16.4. The van der Waals surface area contributed by atoms with Gasteiger partial charge in [-0.3, -0.25) is 0 Å². The lowest BCUT2D eigenvalue weighted by Crippen LogP contribution is -2.65. The summed E-state index contributed by atoms with van der Waals surface area (Å²) in [5, 5.41) is 52.4. The third-order valence-corrected chi connectivity index (χ3v) is 20.4. The highest BCUT2D eigenvalue weighted by molar-refractivity contribution is 5.30. The molecule has 0 aromatic rings. The number of ether oxygens (including phenoxy) is 17. The first-order valence-electron chi connectivity index (χ1n) is 28.4. The second-order valence-corrected chi connectivity index (χ2v) is 24.6. The van der Waals surface area contributed by atoms with Gasteiger partial charge in [0.1, 0.15) is 61.0 Å². The van der Waals surface area contributed by atoms with Crippen LogP contribution < -0.4 is 0 Å². The van der Waals surface area contributed by atoms with Crippen LogP contribution in [0.2, 0.25) is 0 Å². The summed E-state index contributed by atoms with van der Waals surface area (Å²) >= 11 is 0.